The van der Waals surface area contributed by atoms with Gasteiger partial charge in [0, 0.05) is 0 Å². The molecule has 18 heavy (non-hydrogen) atoms. The molecule has 1 unspecified atom stereocenters. The summed E-state index contributed by atoms with van der Waals surface area (Å²) in [6.07, 6.45) is 1.33. The molecule has 2 N–H and O–H groups in total. The quantitative estimate of drug-likeness (QED) is 0.895. The first-order valence-corrected chi connectivity index (χ1v) is 6.02. The van der Waals surface area contributed by atoms with Crippen LogP contribution in [0.15, 0.2) is 35.4 Å². The van der Waals surface area contributed by atoms with Crippen LogP contribution in [0, 0.1) is 6.92 Å². The number of aromatic nitrogens is 2. The predicted molar refractivity (Wildman–Crippen MR) is 73.1 cm³/mol. The monoisotopic (exact) mass is 263 g/mol. The number of hydrogen-bond donors (Lipinski definition) is 2. The van der Waals surface area contributed by atoms with Crippen LogP contribution >= 0.6 is 11.6 Å². The maximum atomic E-state index is 11.4. The van der Waals surface area contributed by atoms with Crippen molar-refractivity contribution in [3.05, 3.63) is 57.1 Å². The SMILES string of the molecule is Cc1ccccc1C(C)Nc1nc[nH]c(=O)c1Cl. The van der Waals surface area contributed by atoms with Gasteiger partial charge in [-0.2, -0.15) is 0 Å². The first-order chi connectivity index (χ1) is 8.59. The van der Waals surface area contributed by atoms with Crippen molar-refractivity contribution >= 4 is 17.4 Å². The third kappa shape index (κ3) is 2.54. The molecule has 4 nitrogen and oxygen atoms in total. The van der Waals surface area contributed by atoms with Gasteiger partial charge in [0.1, 0.15) is 5.02 Å². The van der Waals surface area contributed by atoms with Gasteiger partial charge >= 0.3 is 0 Å². The Morgan fingerprint density at radius 1 is 1.39 bits per heavy atom. The summed E-state index contributed by atoms with van der Waals surface area (Å²) in [6.45, 7) is 4.04. The van der Waals surface area contributed by atoms with Gasteiger partial charge < -0.3 is 10.3 Å². The molecule has 0 aliphatic heterocycles. The molecular weight excluding hydrogens is 250 g/mol. The summed E-state index contributed by atoms with van der Waals surface area (Å²) in [5.74, 6) is 0.399. The first-order valence-electron chi connectivity index (χ1n) is 5.65. The average Bonchev–Trinajstić information content (AvgIpc) is 2.35. The van der Waals surface area contributed by atoms with Crippen molar-refractivity contribution in [1.29, 1.82) is 0 Å². The first kappa shape index (κ1) is 12.6. The van der Waals surface area contributed by atoms with E-state index in [4.69, 9.17) is 11.6 Å². The second-order valence-electron chi connectivity index (χ2n) is 4.12. The van der Waals surface area contributed by atoms with Crippen LogP contribution in [0.25, 0.3) is 0 Å². The van der Waals surface area contributed by atoms with Crippen LogP contribution < -0.4 is 10.9 Å². The van der Waals surface area contributed by atoms with E-state index < -0.39 is 0 Å². The fraction of sp³-hybridized carbons (Fsp3) is 0.231. The summed E-state index contributed by atoms with van der Waals surface area (Å²) >= 11 is 5.90. The molecule has 0 spiro atoms. The molecule has 0 bridgehead atoms. The zero-order chi connectivity index (χ0) is 13.1. The second kappa shape index (κ2) is 5.23. The van der Waals surface area contributed by atoms with Crippen molar-refractivity contribution < 1.29 is 0 Å². The number of halogens is 1. The molecule has 0 radical (unpaired) electrons. The zero-order valence-corrected chi connectivity index (χ0v) is 11.0. The van der Waals surface area contributed by atoms with E-state index >= 15 is 0 Å². The van der Waals surface area contributed by atoms with Gasteiger partial charge in [0.15, 0.2) is 5.82 Å². The Morgan fingerprint density at radius 3 is 2.83 bits per heavy atom. The number of anilines is 1. The summed E-state index contributed by atoms with van der Waals surface area (Å²) < 4.78 is 0. The lowest BCUT2D eigenvalue weighted by molar-refractivity contribution is 0.861. The molecule has 94 valence electrons. The van der Waals surface area contributed by atoms with Crippen LogP contribution in [0.3, 0.4) is 0 Å². The van der Waals surface area contributed by atoms with E-state index in [0.717, 1.165) is 5.56 Å². The Kier molecular flexibility index (Phi) is 3.67. The Bertz CT molecular complexity index is 609. The van der Waals surface area contributed by atoms with Crippen molar-refractivity contribution in [2.75, 3.05) is 5.32 Å². The molecule has 0 amide bonds. The molecule has 0 aliphatic carbocycles. The molecule has 0 fully saturated rings. The highest BCUT2D eigenvalue weighted by molar-refractivity contribution is 6.32. The molecule has 1 heterocycles. The van der Waals surface area contributed by atoms with Gasteiger partial charge in [-0.05, 0) is 25.0 Å². The van der Waals surface area contributed by atoms with E-state index in [1.807, 2.05) is 38.1 Å². The highest BCUT2D eigenvalue weighted by atomic mass is 35.5. The molecule has 0 aliphatic rings. The van der Waals surface area contributed by atoms with Crippen LogP contribution in [0.2, 0.25) is 5.02 Å². The van der Waals surface area contributed by atoms with E-state index in [-0.39, 0.29) is 16.6 Å². The second-order valence-corrected chi connectivity index (χ2v) is 4.49. The molecule has 2 rings (SSSR count). The molecule has 0 saturated heterocycles. The summed E-state index contributed by atoms with van der Waals surface area (Å²) in [5.41, 5.74) is 1.99. The molecule has 1 aromatic carbocycles. The van der Waals surface area contributed by atoms with Gasteiger partial charge in [0.25, 0.3) is 5.56 Å². The number of nitrogens with one attached hydrogen (secondary N) is 2. The smallest absolute Gasteiger partial charge is 0.271 e. The molecule has 0 saturated carbocycles. The zero-order valence-electron chi connectivity index (χ0n) is 10.2. The normalized spacial score (nSPS) is 12.2. The average molecular weight is 264 g/mol. The van der Waals surface area contributed by atoms with Gasteiger partial charge in [0.2, 0.25) is 0 Å². The van der Waals surface area contributed by atoms with Crippen molar-refractivity contribution in [1.82, 2.24) is 9.97 Å². The number of benzene rings is 1. The van der Waals surface area contributed by atoms with E-state index in [0.29, 0.717) is 5.82 Å². The molecule has 1 atom stereocenters. The summed E-state index contributed by atoms with van der Waals surface area (Å²) in [5, 5.41) is 3.23. The Labute approximate surface area is 110 Å². The number of aryl methyl sites for hydroxylation is 1. The van der Waals surface area contributed by atoms with Crippen molar-refractivity contribution in [2.24, 2.45) is 0 Å². The Hall–Kier alpha value is -1.81. The topological polar surface area (TPSA) is 57.8 Å². The lowest BCUT2D eigenvalue weighted by Crippen LogP contribution is -2.14. The fourth-order valence-corrected chi connectivity index (χ4v) is 2.00. The standard InChI is InChI=1S/C13H14ClN3O/c1-8-5-3-4-6-10(8)9(2)17-12-11(14)13(18)16-7-15-12/h3-7,9H,1-2H3,(H2,15,16,17,18). The van der Waals surface area contributed by atoms with Gasteiger partial charge in [-0.3, -0.25) is 4.79 Å². The van der Waals surface area contributed by atoms with Crippen LogP contribution in [-0.2, 0) is 0 Å². The number of hydrogen-bond acceptors (Lipinski definition) is 3. The predicted octanol–water partition coefficient (Wildman–Crippen LogP) is 2.90. The molecule has 2 aromatic rings. The highest BCUT2D eigenvalue weighted by Gasteiger charge is 2.11. The number of rotatable bonds is 3. The summed E-state index contributed by atoms with van der Waals surface area (Å²) in [4.78, 5) is 17.8. The van der Waals surface area contributed by atoms with E-state index in [9.17, 15) is 4.79 Å². The van der Waals surface area contributed by atoms with Crippen LogP contribution in [-0.4, -0.2) is 9.97 Å². The summed E-state index contributed by atoms with van der Waals surface area (Å²) in [6, 6.07) is 8.07. The largest absolute Gasteiger partial charge is 0.362 e. The minimum atomic E-state index is -0.342. The Morgan fingerprint density at radius 2 is 2.11 bits per heavy atom. The maximum Gasteiger partial charge on any atom is 0.271 e. The van der Waals surface area contributed by atoms with Crippen molar-refractivity contribution in [3.8, 4) is 0 Å². The lowest BCUT2D eigenvalue weighted by Gasteiger charge is -2.17. The van der Waals surface area contributed by atoms with E-state index in [1.165, 1.54) is 11.9 Å². The minimum absolute atomic E-state index is 0.0259. The third-order valence-electron chi connectivity index (χ3n) is 2.80. The number of aromatic amines is 1. The molecule has 5 heteroatoms. The minimum Gasteiger partial charge on any atom is -0.362 e. The maximum absolute atomic E-state index is 11.4. The van der Waals surface area contributed by atoms with Crippen molar-refractivity contribution in [2.45, 2.75) is 19.9 Å². The van der Waals surface area contributed by atoms with Gasteiger partial charge in [-0.25, -0.2) is 4.98 Å². The lowest BCUT2D eigenvalue weighted by atomic mass is 10.0. The fourth-order valence-electron chi connectivity index (χ4n) is 1.84. The van der Waals surface area contributed by atoms with Gasteiger partial charge in [-0.15, -0.1) is 0 Å². The number of nitrogens with zero attached hydrogens (tertiary/aromatic N) is 1. The van der Waals surface area contributed by atoms with Crippen LogP contribution in [0.5, 0.6) is 0 Å². The van der Waals surface area contributed by atoms with Crippen LogP contribution in [0.4, 0.5) is 5.82 Å². The van der Waals surface area contributed by atoms with Gasteiger partial charge in [-0.1, -0.05) is 35.9 Å². The molecule has 1 aromatic heterocycles. The van der Waals surface area contributed by atoms with Crippen LogP contribution in [0.1, 0.15) is 24.1 Å². The summed E-state index contributed by atoms with van der Waals surface area (Å²) in [7, 11) is 0. The van der Waals surface area contributed by atoms with Crippen molar-refractivity contribution in [3.63, 3.8) is 0 Å². The van der Waals surface area contributed by atoms with Gasteiger partial charge in [0.05, 0.1) is 12.4 Å². The highest BCUT2D eigenvalue weighted by Crippen LogP contribution is 2.23. The molecular formula is C13H14ClN3O. The van der Waals surface area contributed by atoms with E-state index in [2.05, 4.69) is 15.3 Å². The van der Waals surface area contributed by atoms with E-state index in [1.54, 1.807) is 0 Å². The number of H-pyrrole nitrogens is 1. The Balaban J connectivity index is 2.27. The third-order valence-corrected chi connectivity index (χ3v) is 3.16.